The van der Waals surface area contributed by atoms with E-state index in [4.69, 9.17) is 9.47 Å². The molecule has 0 saturated carbocycles. The molecular formula is C22H28N2O8S. The van der Waals surface area contributed by atoms with E-state index in [1.54, 1.807) is 36.4 Å². The van der Waals surface area contributed by atoms with Gasteiger partial charge >= 0.3 is 0 Å². The molecule has 0 bridgehead atoms. The van der Waals surface area contributed by atoms with Crippen molar-refractivity contribution in [2.75, 3.05) is 17.6 Å². The zero-order chi connectivity index (χ0) is 24.3. The number of aliphatic hydroxyl groups excluding tert-OH is 3. The van der Waals surface area contributed by atoms with Crippen LogP contribution in [-0.2, 0) is 19.6 Å². The SMILES string of the molecule is CC(=O)NC1C(O)[C@@H](O)C(CO)O[C@H]1Oc1cccc(C)c1-c1cccc(NS(C)(=O)=O)c1. The highest BCUT2D eigenvalue weighted by molar-refractivity contribution is 7.92. The number of nitrogens with one attached hydrogen (secondary N) is 2. The second-order valence-corrected chi connectivity index (χ2v) is 9.70. The Morgan fingerprint density at radius 2 is 1.85 bits per heavy atom. The lowest BCUT2D eigenvalue weighted by molar-refractivity contribution is -0.244. The second-order valence-electron chi connectivity index (χ2n) is 7.95. The first-order chi connectivity index (χ1) is 15.5. The van der Waals surface area contributed by atoms with Crippen molar-refractivity contribution in [3.05, 3.63) is 48.0 Å². The summed E-state index contributed by atoms with van der Waals surface area (Å²) in [5.41, 5.74) is 2.48. The van der Waals surface area contributed by atoms with E-state index in [2.05, 4.69) is 10.0 Å². The summed E-state index contributed by atoms with van der Waals surface area (Å²) in [4.78, 5) is 11.7. The molecule has 0 spiro atoms. The molecule has 1 fully saturated rings. The molecule has 10 nitrogen and oxygen atoms in total. The third kappa shape index (κ3) is 6.01. The molecule has 3 rings (SSSR count). The normalized spacial score (nSPS) is 25.3. The first kappa shape index (κ1) is 24.9. The smallest absolute Gasteiger partial charge is 0.229 e. The van der Waals surface area contributed by atoms with Crippen LogP contribution < -0.4 is 14.8 Å². The van der Waals surface area contributed by atoms with Gasteiger partial charge in [-0.05, 0) is 36.2 Å². The Balaban J connectivity index is 2.00. The van der Waals surface area contributed by atoms with Crippen LogP contribution in [0.4, 0.5) is 5.69 Å². The predicted molar refractivity (Wildman–Crippen MR) is 121 cm³/mol. The van der Waals surface area contributed by atoms with Gasteiger partial charge in [0.2, 0.25) is 22.2 Å². The molecule has 1 saturated heterocycles. The van der Waals surface area contributed by atoms with Crippen LogP contribution in [0.25, 0.3) is 11.1 Å². The standard InChI is InChI=1S/C22H28N2O8S/c1-12-6-4-9-16(18(12)14-7-5-8-15(10-14)24-33(3,29)30)31-22-19(23-13(2)26)21(28)20(27)17(11-25)32-22/h4-10,17,19-22,24-25,27-28H,11H2,1-3H3,(H,23,26)/t17?,19?,20-,21?,22+/m0/s1. The molecule has 1 aliphatic rings. The van der Waals surface area contributed by atoms with Crippen LogP contribution in [0.5, 0.6) is 5.75 Å². The van der Waals surface area contributed by atoms with Crippen molar-refractivity contribution in [2.45, 2.75) is 44.5 Å². The zero-order valence-electron chi connectivity index (χ0n) is 18.4. The molecule has 0 aliphatic carbocycles. The largest absolute Gasteiger partial charge is 0.462 e. The van der Waals surface area contributed by atoms with Crippen molar-refractivity contribution in [1.29, 1.82) is 0 Å². The first-order valence-corrected chi connectivity index (χ1v) is 12.1. The fraction of sp³-hybridized carbons (Fsp3) is 0.409. The van der Waals surface area contributed by atoms with E-state index in [0.717, 1.165) is 11.8 Å². The van der Waals surface area contributed by atoms with Crippen molar-refractivity contribution in [1.82, 2.24) is 5.32 Å². The molecule has 1 amide bonds. The van der Waals surface area contributed by atoms with Crippen LogP contribution in [0.15, 0.2) is 42.5 Å². The Bertz CT molecular complexity index is 1110. The van der Waals surface area contributed by atoms with Gasteiger partial charge in [-0.25, -0.2) is 8.42 Å². The fourth-order valence-corrected chi connectivity index (χ4v) is 4.31. The van der Waals surface area contributed by atoms with Gasteiger partial charge in [-0.1, -0.05) is 24.3 Å². The second kappa shape index (κ2) is 10.1. The molecule has 5 N–H and O–H groups in total. The van der Waals surface area contributed by atoms with Crippen molar-refractivity contribution in [2.24, 2.45) is 0 Å². The molecule has 2 aromatic rings. The zero-order valence-corrected chi connectivity index (χ0v) is 19.2. The molecule has 1 aliphatic heterocycles. The molecule has 5 atom stereocenters. The Morgan fingerprint density at radius 3 is 2.48 bits per heavy atom. The summed E-state index contributed by atoms with van der Waals surface area (Å²) < 4.78 is 37.4. The van der Waals surface area contributed by atoms with Gasteiger partial charge in [0.1, 0.15) is 30.1 Å². The number of benzene rings is 2. The van der Waals surface area contributed by atoms with Gasteiger partial charge in [0.05, 0.1) is 12.9 Å². The number of amides is 1. The van der Waals surface area contributed by atoms with Gasteiger partial charge in [0.15, 0.2) is 0 Å². The lowest BCUT2D eigenvalue weighted by atomic mass is 9.96. The van der Waals surface area contributed by atoms with E-state index < -0.39 is 53.2 Å². The molecule has 33 heavy (non-hydrogen) atoms. The number of aliphatic hydroxyl groups is 3. The number of hydrogen-bond donors (Lipinski definition) is 5. The van der Waals surface area contributed by atoms with E-state index in [1.165, 1.54) is 6.92 Å². The summed E-state index contributed by atoms with van der Waals surface area (Å²) in [6.45, 7) is 2.54. The fourth-order valence-electron chi connectivity index (χ4n) is 3.76. The van der Waals surface area contributed by atoms with Crippen molar-refractivity contribution in [3.63, 3.8) is 0 Å². The third-order valence-electron chi connectivity index (χ3n) is 5.18. The van der Waals surface area contributed by atoms with Crippen LogP contribution in [0.2, 0.25) is 0 Å². The minimum atomic E-state index is -3.47. The first-order valence-electron chi connectivity index (χ1n) is 10.2. The summed E-state index contributed by atoms with van der Waals surface area (Å²) in [5, 5.41) is 32.8. The highest BCUT2D eigenvalue weighted by Crippen LogP contribution is 2.36. The molecule has 2 aromatic carbocycles. The van der Waals surface area contributed by atoms with Crippen LogP contribution in [0.3, 0.4) is 0 Å². The molecule has 180 valence electrons. The van der Waals surface area contributed by atoms with E-state index in [9.17, 15) is 28.5 Å². The molecule has 3 unspecified atom stereocenters. The van der Waals surface area contributed by atoms with Crippen molar-refractivity contribution in [3.8, 4) is 16.9 Å². The number of ether oxygens (including phenoxy) is 2. The average Bonchev–Trinajstić information content (AvgIpc) is 2.72. The summed E-state index contributed by atoms with van der Waals surface area (Å²) in [6, 6.07) is 10.9. The van der Waals surface area contributed by atoms with Crippen LogP contribution in [0, 0.1) is 6.92 Å². The number of aryl methyl sites for hydroxylation is 1. The van der Waals surface area contributed by atoms with Crippen molar-refractivity contribution < 1.29 is 38.0 Å². The highest BCUT2D eigenvalue weighted by atomic mass is 32.2. The van der Waals surface area contributed by atoms with E-state index in [1.807, 2.05) is 13.0 Å². The minimum Gasteiger partial charge on any atom is -0.462 e. The van der Waals surface area contributed by atoms with Crippen LogP contribution in [0.1, 0.15) is 12.5 Å². The van der Waals surface area contributed by atoms with Gasteiger partial charge in [-0.3, -0.25) is 9.52 Å². The molecular weight excluding hydrogens is 452 g/mol. The summed E-state index contributed by atoms with van der Waals surface area (Å²) in [5.74, 6) is -0.123. The third-order valence-corrected chi connectivity index (χ3v) is 5.79. The number of sulfonamides is 1. The summed E-state index contributed by atoms with van der Waals surface area (Å²) >= 11 is 0. The lowest BCUT2D eigenvalue weighted by Crippen LogP contribution is -2.65. The molecule has 1 heterocycles. The quantitative estimate of drug-likeness (QED) is 0.380. The summed E-state index contributed by atoms with van der Waals surface area (Å²) in [6.07, 6.45) is -4.15. The molecule has 0 radical (unpaired) electrons. The molecule has 11 heteroatoms. The number of carbonyl (C=O) groups excluding carboxylic acids is 1. The maximum Gasteiger partial charge on any atom is 0.229 e. The molecule has 0 aromatic heterocycles. The van der Waals surface area contributed by atoms with Gasteiger partial charge in [0.25, 0.3) is 0 Å². The lowest BCUT2D eigenvalue weighted by Gasteiger charge is -2.42. The maximum absolute atomic E-state index is 11.7. The topological polar surface area (TPSA) is 154 Å². The number of anilines is 1. The van der Waals surface area contributed by atoms with Gasteiger partial charge in [0, 0.05) is 18.2 Å². The van der Waals surface area contributed by atoms with Crippen LogP contribution in [-0.4, -0.2) is 73.2 Å². The number of rotatable bonds is 7. The Kier molecular flexibility index (Phi) is 7.60. The van der Waals surface area contributed by atoms with Gasteiger partial charge in [-0.2, -0.15) is 0 Å². The van der Waals surface area contributed by atoms with E-state index in [-0.39, 0.29) is 0 Å². The van der Waals surface area contributed by atoms with Gasteiger partial charge in [-0.15, -0.1) is 0 Å². The van der Waals surface area contributed by atoms with E-state index >= 15 is 0 Å². The number of hydrogen-bond acceptors (Lipinski definition) is 8. The minimum absolute atomic E-state index is 0.340. The highest BCUT2D eigenvalue weighted by Gasteiger charge is 2.46. The predicted octanol–water partition coefficient (Wildman–Crippen LogP) is 0.356. The monoisotopic (exact) mass is 480 g/mol. The van der Waals surface area contributed by atoms with Crippen LogP contribution >= 0.6 is 0 Å². The average molecular weight is 481 g/mol. The van der Waals surface area contributed by atoms with Gasteiger partial charge < -0.3 is 30.1 Å². The summed E-state index contributed by atoms with van der Waals surface area (Å²) in [7, 11) is -3.47. The Morgan fingerprint density at radius 1 is 1.15 bits per heavy atom. The Labute approximate surface area is 192 Å². The van der Waals surface area contributed by atoms with Crippen molar-refractivity contribution >= 4 is 21.6 Å². The maximum atomic E-state index is 11.7. The Hall–Kier alpha value is -2.70. The number of carbonyl (C=O) groups is 1. The van der Waals surface area contributed by atoms with E-state index in [0.29, 0.717) is 22.6 Å².